The van der Waals surface area contributed by atoms with Crippen LogP contribution < -0.4 is 10.6 Å². The van der Waals surface area contributed by atoms with Crippen molar-refractivity contribution >= 4 is 23.5 Å². The second-order valence-electron chi connectivity index (χ2n) is 4.73. The monoisotopic (exact) mass is 311 g/mol. The number of aromatic nitrogens is 3. The first-order chi connectivity index (χ1) is 11.1. The molecule has 2 heterocycles. The Balaban J connectivity index is 1.93. The largest absolute Gasteiger partial charge is 0.478 e. The first-order valence-electron chi connectivity index (χ1n) is 6.76. The molecule has 2 aromatic heterocycles. The fourth-order valence-corrected chi connectivity index (χ4v) is 2.06. The summed E-state index contributed by atoms with van der Waals surface area (Å²) in [7, 11) is 1.52. The molecular weight excluding hydrogens is 298 g/mol. The number of fused-ring (bicyclic) bond motifs is 1. The number of anilines is 1. The summed E-state index contributed by atoms with van der Waals surface area (Å²) in [6, 6.07) is 9.62. The number of carboxylic acids is 1. The van der Waals surface area contributed by atoms with Gasteiger partial charge in [-0.05, 0) is 24.3 Å². The van der Waals surface area contributed by atoms with Crippen LogP contribution in [0.2, 0.25) is 0 Å². The molecule has 0 radical (unpaired) electrons. The third kappa shape index (κ3) is 2.95. The molecule has 8 heteroatoms. The molecule has 23 heavy (non-hydrogen) atoms. The van der Waals surface area contributed by atoms with Crippen molar-refractivity contribution in [1.82, 2.24) is 19.9 Å². The standard InChI is InChI=1S/C15H13N5O3/c1-16-15(23)18-12-8-20-13(17-12)7-6-11(19-20)9-2-4-10(5-3-9)14(21)22/h2-8H,1H3,(H,21,22)(H2,16,18,23). The number of carboxylic acid groups (broad SMARTS) is 1. The number of benzene rings is 1. The zero-order valence-electron chi connectivity index (χ0n) is 12.1. The van der Waals surface area contributed by atoms with E-state index in [1.165, 1.54) is 19.2 Å². The van der Waals surface area contributed by atoms with Crippen molar-refractivity contribution in [3.8, 4) is 11.3 Å². The molecule has 3 rings (SSSR count). The average molecular weight is 311 g/mol. The van der Waals surface area contributed by atoms with Gasteiger partial charge in [0.1, 0.15) is 0 Å². The predicted molar refractivity (Wildman–Crippen MR) is 83.5 cm³/mol. The molecule has 0 aliphatic rings. The van der Waals surface area contributed by atoms with E-state index < -0.39 is 5.97 Å². The van der Waals surface area contributed by atoms with E-state index >= 15 is 0 Å². The molecule has 0 bridgehead atoms. The highest BCUT2D eigenvalue weighted by Gasteiger charge is 2.08. The number of amides is 2. The van der Waals surface area contributed by atoms with E-state index in [0.717, 1.165) is 5.56 Å². The Morgan fingerprint density at radius 1 is 1.13 bits per heavy atom. The molecule has 0 aliphatic heterocycles. The van der Waals surface area contributed by atoms with Gasteiger partial charge in [0.2, 0.25) is 0 Å². The summed E-state index contributed by atoms with van der Waals surface area (Å²) in [5.74, 6) is -0.588. The van der Waals surface area contributed by atoms with Crippen LogP contribution in [0.5, 0.6) is 0 Å². The summed E-state index contributed by atoms with van der Waals surface area (Å²) in [5, 5.41) is 18.3. The Morgan fingerprint density at radius 2 is 1.87 bits per heavy atom. The molecule has 8 nitrogen and oxygen atoms in total. The molecule has 0 aliphatic carbocycles. The summed E-state index contributed by atoms with van der Waals surface area (Å²) >= 11 is 0. The molecule has 3 N–H and O–H groups in total. The Labute approximate surface area is 130 Å². The zero-order valence-corrected chi connectivity index (χ0v) is 12.1. The number of nitrogens with one attached hydrogen (secondary N) is 2. The Hall–Kier alpha value is -3.42. The smallest absolute Gasteiger partial charge is 0.335 e. The summed E-state index contributed by atoms with van der Waals surface area (Å²) in [4.78, 5) is 26.4. The van der Waals surface area contributed by atoms with Gasteiger partial charge >= 0.3 is 12.0 Å². The minimum Gasteiger partial charge on any atom is -0.478 e. The molecule has 0 unspecified atom stereocenters. The zero-order chi connectivity index (χ0) is 16.4. The topological polar surface area (TPSA) is 109 Å². The summed E-state index contributed by atoms with van der Waals surface area (Å²) in [5.41, 5.74) is 2.25. The molecule has 0 atom stereocenters. The average Bonchev–Trinajstić information content (AvgIpc) is 2.96. The summed E-state index contributed by atoms with van der Waals surface area (Å²) in [6.07, 6.45) is 1.60. The number of carbonyl (C=O) groups is 2. The molecular formula is C15H13N5O3. The van der Waals surface area contributed by atoms with E-state index in [2.05, 4.69) is 20.7 Å². The van der Waals surface area contributed by atoms with Crippen molar-refractivity contribution < 1.29 is 14.7 Å². The van der Waals surface area contributed by atoms with E-state index in [9.17, 15) is 9.59 Å². The fourth-order valence-electron chi connectivity index (χ4n) is 2.06. The molecule has 0 fully saturated rings. The van der Waals surface area contributed by atoms with Crippen molar-refractivity contribution in [1.29, 1.82) is 0 Å². The van der Waals surface area contributed by atoms with Crippen LogP contribution in [0.25, 0.3) is 16.9 Å². The lowest BCUT2D eigenvalue weighted by atomic mass is 10.1. The molecule has 116 valence electrons. The first-order valence-corrected chi connectivity index (χ1v) is 6.76. The van der Waals surface area contributed by atoms with Crippen LogP contribution in [-0.2, 0) is 0 Å². The third-order valence-electron chi connectivity index (χ3n) is 3.22. The number of imidazole rings is 1. The lowest BCUT2D eigenvalue weighted by Gasteiger charge is -2.02. The number of carbonyl (C=O) groups excluding carboxylic acids is 1. The highest BCUT2D eigenvalue weighted by atomic mass is 16.4. The van der Waals surface area contributed by atoms with Crippen LogP contribution >= 0.6 is 0 Å². The van der Waals surface area contributed by atoms with Gasteiger partial charge in [-0.3, -0.25) is 5.32 Å². The highest BCUT2D eigenvalue weighted by Crippen LogP contribution is 2.19. The minimum atomic E-state index is -0.973. The van der Waals surface area contributed by atoms with E-state index in [4.69, 9.17) is 5.11 Å². The second kappa shape index (κ2) is 5.76. The van der Waals surface area contributed by atoms with Gasteiger partial charge in [0, 0.05) is 12.6 Å². The van der Waals surface area contributed by atoms with Crippen LogP contribution in [0, 0.1) is 0 Å². The van der Waals surface area contributed by atoms with Crippen molar-refractivity contribution in [3.05, 3.63) is 48.2 Å². The molecule has 0 spiro atoms. The van der Waals surface area contributed by atoms with Crippen molar-refractivity contribution in [3.63, 3.8) is 0 Å². The Kier molecular flexibility index (Phi) is 3.63. The summed E-state index contributed by atoms with van der Waals surface area (Å²) in [6.45, 7) is 0. The van der Waals surface area contributed by atoms with E-state index in [0.29, 0.717) is 17.2 Å². The number of urea groups is 1. The van der Waals surface area contributed by atoms with Crippen LogP contribution in [0.1, 0.15) is 10.4 Å². The van der Waals surface area contributed by atoms with Crippen LogP contribution in [-0.4, -0.2) is 38.8 Å². The number of hydrogen-bond donors (Lipinski definition) is 3. The maximum absolute atomic E-state index is 11.3. The van der Waals surface area contributed by atoms with Crippen molar-refractivity contribution in [2.45, 2.75) is 0 Å². The van der Waals surface area contributed by atoms with Crippen LogP contribution in [0.15, 0.2) is 42.6 Å². The van der Waals surface area contributed by atoms with Crippen LogP contribution in [0.4, 0.5) is 10.6 Å². The van der Waals surface area contributed by atoms with E-state index in [1.54, 1.807) is 35.0 Å². The van der Waals surface area contributed by atoms with Gasteiger partial charge in [0.15, 0.2) is 11.5 Å². The maximum Gasteiger partial charge on any atom is 0.335 e. The van der Waals surface area contributed by atoms with Crippen molar-refractivity contribution in [2.75, 3.05) is 12.4 Å². The highest BCUT2D eigenvalue weighted by molar-refractivity contribution is 5.88. The summed E-state index contributed by atoms with van der Waals surface area (Å²) < 4.78 is 1.55. The normalized spacial score (nSPS) is 10.5. The molecule has 0 saturated heterocycles. The quantitative estimate of drug-likeness (QED) is 0.684. The lowest BCUT2D eigenvalue weighted by molar-refractivity contribution is 0.0697. The Morgan fingerprint density at radius 3 is 2.52 bits per heavy atom. The molecule has 0 saturated carbocycles. The van der Waals surface area contributed by atoms with Gasteiger partial charge in [-0.25, -0.2) is 19.1 Å². The maximum atomic E-state index is 11.3. The van der Waals surface area contributed by atoms with Crippen molar-refractivity contribution in [2.24, 2.45) is 0 Å². The third-order valence-corrected chi connectivity index (χ3v) is 3.22. The van der Waals surface area contributed by atoms with Gasteiger partial charge in [-0.2, -0.15) is 5.10 Å². The van der Waals surface area contributed by atoms with Crippen LogP contribution in [0.3, 0.4) is 0 Å². The minimum absolute atomic E-state index is 0.217. The van der Waals surface area contributed by atoms with Gasteiger partial charge in [-0.1, -0.05) is 12.1 Å². The van der Waals surface area contributed by atoms with Gasteiger partial charge in [0.05, 0.1) is 17.5 Å². The number of nitrogens with zero attached hydrogens (tertiary/aromatic N) is 3. The SMILES string of the molecule is CNC(=O)Nc1cn2nc(-c3ccc(C(=O)O)cc3)ccc2n1. The number of hydrogen-bond acceptors (Lipinski definition) is 4. The molecule has 1 aromatic carbocycles. The van der Waals surface area contributed by atoms with Gasteiger partial charge in [-0.15, -0.1) is 0 Å². The Bertz CT molecular complexity index is 886. The number of aromatic carboxylic acids is 1. The van der Waals surface area contributed by atoms with E-state index in [1.807, 2.05) is 0 Å². The van der Waals surface area contributed by atoms with Gasteiger partial charge in [0.25, 0.3) is 0 Å². The fraction of sp³-hybridized carbons (Fsp3) is 0.0667. The second-order valence-corrected chi connectivity index (χ2v) is 4.73. The molecule has 3 aromatic rings. The predicted octanol–water partition coefficient (Wildman–Crippen LogP) is 1.85. The van der Waals surface area contributed by atoms with E-state index in [-0.39, 0.29) is 11.6 Å². The molecule has 2 amide bonds. The lowest BCUT2D eigenvalue weighted by Crippen LogP contribution is -2.24. The first kappa shape index (κ1) is 14.5. The number of rotatable bonds is 3. The van der Waals surface area contributed by atoms with Gasteiger partial charge < -0.3 is 10.4 Å².